The minimum atomic E-state index is -0.280. The summed E-state index contributed by atoms with van der Waals surface area (Å²) in [5.74, 6) is 1.43. The fourth-order valence-corrected chi connectivity index (χ4v) is 3.43. The lowest BCUT2D eigenvalue weighted by atomic mass is 9.99. The van der Waals surface area contributed by atoms with Crippen LogP contribution in [0.2, 0.25) is 0 Å². The molecule has 2 aromatic rings. The maximum atomic E-state index is 12.7. The van der Waals surface area contributed by atoms with E-state index in [1.165, 1.54) is 0 Å². The van der Waals surface area contributed by atoms with Crippen molar-refractivity contribution in [3.63, 3.8) is 0 Å². The monoisotopic (exact) mass is 382 g/mol. The first-order valence-electron chi connectivity index (χ1n) is 9.44. The van der Waals surface area contributed by atoms with Gasteiger partial charge in [-0.3, -0.25) is 9.59 Å². The van der Waals surface area contributed by atoms with Crippen molar-refractivity contribution in [3.8, 4) is 11.5 Å². The van der Waals surface area contributed by atoms with Gasteiger partial charge in [-0.2, -0.15) is 0 Å². The zero-order valence-electron chi connectivity index (χ0n) is 16.5. The molecule has 1 aliphatic heterocycles. The van der Waals surface area contributed by atoms with Gasteiger partial charge in [0.2, 0.25) is 0 Å². The number of ether oxygens (including phenoxy) is 2. The van der Waals surface area contributed by atoms with Crippen molar-refractivity contribution in [3.05, 3.63) is 53.6 Å². The van der Waals surface area contributed by atoms with E-state index in [1.807, 2.05) is 4.90 Å². The molecule has 1 fully saturated rings. The highest BCUT2D eigenvalue weighted by Crippen LogP contribution is 2.29. The van der Waals surface area contributed by atoms with Crippen molar-refractivity contribution < 1.29 is 19.1 Å². The Kier molecular flexibility index (Phi) is 6.19. The molecule has 0 radical (unpaired) electrons. The van der Waals surface area contributed by atoms with Crippen molar-refractivity contribution in [1.82, 2.24) is 4.90 Å². The number of hydrogen-bond acceptors (Lipinski definition) is 4. The summed E-state index contributed by atoms with van der Waals surface area (Å²) in [4.78, 5) is 27.2. The summed E-state index contributed by atoms with van der Waals surface area (Å²) in [6.45, 7) is 3.75. The fraction of sp³-hybridized carbons (Fsp3) is 0.364. The summed E-state index contributed by atoms with van der Waals surface area (Å²) in [6.07, 6.45) is 2.20. The van der Waals surface area contributed by atoms with Crippen LogP contribution in [0.4, 0.5) is 5.69 Å². The standard InChI is InChI=1S/C22H26N2O4/c1-15-5-4-12-24(14-15)22(26)17-8-6-16(7-9-17)21(25)23-19-13-18(27-2)10-11-20(19)28-3/h6-11,13,15H,4-5,12,14H2,1-3H3,(H,23,25). The van der Waals surface area contributed by atoms with Crippen LogP contribution in [0.1, 0.15) is 40.5 Å². The number of nitrogens with one attached hydrogen (secondary N) is 1. The van der Waals surface area contributed by atoms with Gasteiger partial charge in [-0.15, -0.1) is 0 Å². The Morgan fingerprint density at radius 2 is 1.75 bits per heavy atom. The van der Waals surface area contributed by atoms with Gasteiger partial charge in [0, 0.05) is 30.3 Å². The first-order valence-corrected chi connectivity index (χ1v) is 9.44. The van der Waals surface area contributed by atoms with E-state index in [0.29, 0.717) is 34.2 Å². The normalized spacial score (nSPS) is 16.4. The summed E-state index contributed by atoms with van der Waals surface area (Å²) in [5.41, 5.74) is 1.59. The molecule has 0 bridgehead atoms. The number of carbonyl (C=O) groups excluding carboxylic acids is 2. The van der Waals surface area contributed by atoms with Crippen molar-refractivity contribution in [2.24, 2.45) is 5.92 Å². The van der Waals surface area contributed by atoms with E-state index in [0.717, 1.165) is 25.9 Å². The van der Waals surface area contributed by atoms with Crippen LogP contribution in [0, 0.1) is 5.92 Å². The Labute approximate surface area is 165 Å². The molecule has 3 rings (SSSR count). The Morgan fingerprint density at radius 1 is 1.04 bits per heavy atom. The van der Waals surface area contributed by atoms with Crippen LogP contribution in [0.25, 0.3) is 0 Å². The third-order valence-electron chi connectivity index (χ3n) is 4.99. The molecule has 2 aromatic carbocycles. The van der Waals surface area contributed by atoms with E-state index in [1.54, 1.807) is 56.7 Å². The Bertz CT molecular complexity index is 848. The number of amides is 2. The molecule has 0 saturated carbocycles. The summed E-state index contributed by atoms with van der Waals surface area (Å²) < 4.78 is 10.5. The van der Waals surface area contributed by atoms with Gasteiger partial charge in [-0.25, -0.2) is 0 Å². The fourth-order valence-electron chi connectivity index (χ4n) is 3.43. The SMILES string of the molecule is COc1ccc(OC)c(NC(=O)c2ccc(C(=O)N3CCCC(C)C3)cc2)c1. The van der Waals surface area contributed by atoms with E-state index in [-0.39, 0.29) is 11.8 Å². The van der Waals surface area contributed by atoms with Gasteiger partial charge in [0.05, 0.1) is 19.9 Å². The average molecular weight is 382 g/mol. The molecule has 6 nitrogen and oxygen atoms in total. The molecular weight excluding hydrogens is 356 g/mol. The summed E-state index contributed by atoms with van der Waals surface area (Å²) in [6, 6.07) is 11.9. The Morgan fingerprint density at radius 3 is 2.39 bits per heavy atom. The van der Waals surface area contributed by atoms with Crippen LogP contribution in [0.15, 0.2) is 42.5 Å². The van der Waals surface area contributed by atoms with E-state index < -0.39 is 0 Å². The summed E-state index contributed by atoms with van der Waals surface area (Å²) in [7, 11) is 3.10. The number of nitrogens with zero attached hydrogens (tertiary/aromatic N) is 1. The van der Waals surface area contributed by atoms with E-state index in [2.05, 4.69) is 12.2 Å². The molecule has 1 N–H and O–H groups in total. The lowest BCUT2D eigenvalue weighted by Gasteiger charge is -2.31. The van der Waals surface area contributed by atoms with Gasteiger partial charge in [0.1, 0.15) is 11.5 Å². The van der Waals surface area contributed by atoms with Crippen molar-refractivity contribution >= 4 is 17.5 Å². The van der Waals surface area contributed by atoms with Crippen LogP contribution in [0.3, 0.4) is 0 Å². The van der Waals surface area contributed by atoms with Crippen LogP contribution in [-0.4, -0.2) is 44.0 Å². The quantitative estimate of drug-likeness (QED) is 0.853. The summed E-state index contributed by atoms with van der Waals surface area (Å²) >= 11 is 0. The van der Waals surface area contributed by atoms with Gasteiger partial charge in [-0.1, -0.05) is 6.92 Å². The average Bonchev–Trinajstić information content (AvgIpc) is 2.73. The minimum Gasteiger partial charge on any atom is -0.497 e. The molecule has 6 heteroatoms. The molecule has 1 aliphatic rings. The first kappa shape index (κ1) is 19.7. The molecule has 148 valence electrons. The van der Waals surface area contributed by atoms with Gasteiger partial charge in [0.25, 0.3) is 11.8 Å². The number of methoxy groups -OCH3 is 2. The highest BCUT2D eigenvalue weighted by Gasteiger charge is 2.22. The van der Waals surface area contributed by atoms with Crippen molar-refractivity contribution in [2.75, 3.05) is 32.6 Å². The number of rotatable bonds is 5. The second-order valence-corrected chi connectivity index (χ2v) is 7.10. The largest absolute Gasteiger partial charge is 0.497 e. The number of benzene rings is 2. The number of carbonyl (C=O) groups is 2. The van der Waals surface area contributed by atoms with E-state index in [9.17, 15) is 9.59 Å². The Balaban J connectivity index is 1.71. The molecule has 28 heavy (non-hydrogen) atoms. The number of hydrogen-bond donors (Lipinski definition) is 1. The molecule has 1 saturated heterocycles. The molecule has 1 unspecified atom stereocenters. The highest BCUT2D eigenvalue weighted by atomic mass is 16.5. The van der Waals surface area contributed by atoms with E-state index in [4.69, 9.17) is 9.47 Å². The minimum absolute atomic E-state index is 0.0213. The number of piperidine rings is 1. The van der Waals surface area contributed by atoms with Crippen LogP contribution in [0.5, 0.6) is 11.5 Å². The number of anilines is 1. The third kappa shape index (κ3) is 4.44. The van der Waals surface area contributed by atoms with Gasteiger partial charge >= 0.3 is 0 Å². The first-order chi connectivity index (χ1) is 13.5. The highest BCUT2D eigenvalue weighted by molar-refractivity contribution is 6.05. The van der Waals surface area contributed by atoms with Crippen LogP contribution in [-0.2, 0) is 0 Å². The van der Waals surface area contributed by atoms with Crippen LogP contribution >= 0.6 is 0 Å². The predicted molar refractivity (Wildman–Crippen MR) is 108 cm³/mol. The topological polar surface area (TPSA) is 67.9 Å². The summed E-state index contributed by atoms with van der Waals surface area (Å²) in [5, 5.41) is 2.83. The maximum absolute atomic E-state index is 12.7. The zero-order chi connectivity index (χ0) is 20.1. The smallest absolute Gasteiger partial charge is 0.255 e. The van der Waals surface area contributed by atoms with E-state index >= 15 is 0 Å². The van der Waals surface area contributed by atoms with Gasteiger partial charge < -0.3 is 19.7 Å². The Hall–Kier alpha value is -3.02. The molecule has 2 amide bonds. The number of likely N-dealkylation sites (tertiary alicyclic amines) is 1. The van der Waals surface area contributed by atoms with Gasteiger partial charge in [-0.05, 0) is 55.2 Å². The molecule has 1 atom stereocenters. The molecule has 0 spiro atoms. The second kappa shape index (κ2) is 8.78. The third-order valence-corrected chi connectivity index (χ3v) is 4.99. The van der Waals surface area contributed by atoms with Crippen molar-refractivity contribution in [2.45, 2.75) is 19.8 Å². The second-order valence-electron chi connectivity index (χ2n) is 7.10. The molecule has 0 aliphatic carbocycles. The van der Waals surface area contributed by atoms with Crippen LogP contribution < -0.4 is 14.8 Å². The molecule has 0 aromatic heterocycles. The molecule has 1 heterocycles. The maximum Gasteiger partial charge on any atom is 0.255 e. The zero-order valence-corrected chi connectivity index (χ0v) is 16.5. The lowest BCUT2D eigenvalue weighted by Crippen LogP contribution is -2.39. The molecular formula is C22H26N2O4. The lowest BCUT2D eigenvalue weighted by molar-refractivity contribution is 0.0682. The predicted octanol–water partition coefficient (Wildman–Crippen LogP) is 3.83. The van der Waals surface area contributed by atoms with Crippen molar-refractivity contribution in [1.29, 1.82) is 0 Å². The van der Waals surface area contributed by atoms with Gasteiger partial charge in [0.15, 0.2) is 0 Å².